The Morgan fingerprint density at radius 3 is 2.29 bits per heavy atom. The summed E-state index contributed by atoms with van der Waals surface area (Å²) in [7, 11) is 0. The molecule has 5 rings (SSSR count). The van der Waals surface area contributed by atoms with Crippen molar-refractivity contribution in [1.29, 1.82) is 0 Å². The van der Waals surface area contributed by atoms with Gasteiger partial charge in [0.2, 0.25) is 5.89 Å². The van der Waals surface area contributed by atoms with Gasteiger partial charge in [0.25, 0.3) is 0 Å². The maximum Gasteiger partial charge on any atom is 0.230 e. The number of rotatable bonds is 3. The van der Waals surface area contributed by atoms with Crippen molar-refractivity contribution in [1.82, 2.24) is 4.98 Å². The Hall–Kier alpha value is -2.39. The lowest BCUT2D eigenvalue weighted by atomic mass is 9.89. The Bertz CT molecular complexity index is 799. The highest BCUT2D eigenvalue weighted by Crippen LogP contribution is 2.56. The fourth-order valence-electron chi connectivity index (χ4n) is 3.82. The molecule has 1 saturated heterocycles. The van der Waals surface area contributed by atoms with Gasteiger partial charge in [0.05, 0.1) is 6.10 Å². The van der Waals surface area contributed by atoms with Crippen LogP contribution in [-0.4, -0.2) is 11.1 Å². The zero-order valence-electron chi connectivity index (χ0n) is 13.4. The summed E-state index contributed by atoms with van der Waals surface area (Å²) in [5, 5.41) is 0. The lowest BCUT2D eigenvalue weighted by Gasteiger charge is -2.13. The number of aromatic nitrogens is 1. The normalized spacial score (nSPS) is 25.2. The Morgan fingerprint density at radius 2 is 1.58 bits per heavy atom. The van der Waals surface area contributed by atoms with E-state index in [2.05, 4.69) is 24.3 Å². The number of hydrogen-bond donors (Lipinski definition) is 0. The van der Waals surface area contributed by atoms with E-state index >= 15 is 0 Å². The van der Waals surface area contributed by atoms with E-state index in [1.165, 1.54) is 12.8 Å². The van der Waals surface area contributed by atoms with Crippen LogP contribution in [0, 0.1) is 0 Å². The van der Waals surface area contributed by atoms with Gasteiger partial charge in [0.15, 0.2) is 11.4 Å². The number of oxazole rings is 1. The van der Waals surface area contributed by atoms with Crippen LogP contribution in [0.4, 0.5) is 0 Å². The fourth-order valence-corrected chi connectivity index (χ4v) is 3.82. The molecule has 3 aromatic rings. The predicted molar refractivity (Wildman–Crippen MR) is 92.4 cm³/mol. The van der Waals surface area contributed by atoms with Crippen molar-refractivity contribution in [3.8, 4) is 22.6 Å². The van der Waals surface area contributed by atoms with Gasteiger partial charge in [-0.15, -0.1) is 0 Å². The topological polar surface area (TPSA) is 38.6 Å². The molecule has 3 heteroatoms. The molecule has 0 unspecified atom stereocenters. The van der Waals surface area contributed by atoms with Gasteiger partial charge in [-0.3, -0.25) is 0 Å². The smallest absolute Gasteiger partial charge is 0.230 e. The molecule has 2 fully saturated rings. The van der Waals surface area contributed by atoms with Crippen LogP contribution in [0.15, 0.2) is 65.1 Å². The third-order valence-corrected chi connectivity index (χ3v) is 5.15. The van der Waals surface area contributed by atoms with Gasteiger partial charge in [-0.2, -0.15) is 0 Å². The SMILES string of the molecule is c1ccc(-c2nc([C@@]34CCCC[C@@H]3O4)oc2-c2ccccc2)cc1. The first kappa shape index (κ1) is 14.0. The maximum atomic E-state index is 6.30. The van der Waals surface area contributed by atoms with Crippen molar-refractivity contribution in [3.05, 3.63) is 66.6 Å². The van der Waals surface area contributed by atoms with Crippen LogP contribution < -0.4 is 0 Å². The summed E-state index contributed by atoms with van der Waals surface area (Å²) < 4.78 is 12.3. The molecule has 120 valence electrons. The molecule has 0 amide bonds. The highest BCUT2D eigenvalue weighted by atomic mass is 16.6. The molecule has 0 bridgehead atoms. The van der Waals surface area contributed by atoms with E-state index in [0.29, 0.717) is 0 Å². The van der Waals surface area contributed by atoms with E-state index in [4.69, 9.17) is 14.1 Å². The number of nitrogens with zero attached hydrogens (tertiary/aromatic N) is 1. The summed E-state index contributed by atoms with van der Waals surface area (Å²) in [4.78, 5) is 4.90. The Morgan fingerprint density at radius 1 is 0.875 bits per heavy atom. The van der Waals surface area contributed by atoms with Gasteiger partial charge in [-0.05, 0) is 19.3 Å². The Labute approximate surface area is 141 Å². The summed E-state index contributed by atoms with van der Waals surface area (Å²) in [5.74, 6) is 1.59. The second-order valence-corrected chi connectivity index (χ2v) is 6.67. The summed E-state index contributed by atoms with van der Waals surface area (Å²) >= 11 is 0. The molecule has 0 N–H and O–H groups in total. The molecule has 0 radical (unpaired) electrons. The van der Waals surface area contributed by atoms with Crippen molar-refractivity contribution in [2.24, 2.45) is 0 Å². The minimum Gasteiger partial charge on any atom is -0.437 e. The molecule has 1 aliphatic heterocycles. The second-order valence-electron chi connectivity index (χ2n) is 6.67. The maximum absolute atomic E-state index is 6.30. The van der Waals surface area contributed by atoms with E-state index < -0.39 is 0 Å². The summed E-state index contributed by atoms with van der Waals surface area (Å²) in [6.07, 6.45) is 4.84. The molecule has 1 aliphatic carbocycles. The second kappa shape index (κ2) is 5.32. The quantitative estimate of drug-likeness (QED) is 0.625. The number of benzene rings is 2. The van der Waals surface area contributed by atoms with Gasteiger partial charge >= 0.3 is 0 Å². The van der Waals surface area contributed by atoms with Crippen molar-refractivity contribution in [2.45, 2.75) is 37.4 Å². The van der Waals surface area contributed by atoms with Crippen molar-refractivity contribution in [3.63, 3.8) is 0 Å². The van der Waals surface area contributed by atoms with Crippen molar-refractivity contribution in [2.75, 3.05) is 0 Å². The average molecular weight is 317 g/mol. The van der Waals surface area contributed by atoms with Crippen molar-refractivity contribution >= 4 is 0 Å². The largest absolute Gasteiger partial charge is 0.437 e. The third-order valence-electron chi connectivity index (χ3n) is 5.15. The van der Waals surface area contributed by atoms with Crippen LogP contribution >= 0.6 is 0 Å². The van der Waals surface area contributed by atoms with Gasteiger partial charge in [-0.25, -0.2) is 4.98 Å². The molecular weight excluding hydrogens is 298 g/mol. The fraction of sp³-hybridized carbons (Fsp3) is 0.286. The van der Waals surface area contributed by atoms with Crippen molar-refractivity contribution < 1.29 is 9.15 Å². The van der Waals surface area contributed by atoms with Crippen LogP contribution in [0.1, 0.15) is 31.6 Å². The third kappa shape index (κ3) is 2.12. The van der Waals surface area contributed by atoms with Gasteiger partial charge in [0, 0.05) is 11.1 Å². The molecule has 1 saturated carbocycles. The Kier molecular flexibility index (Phi) is 3.10. The molecule has 2 heterocycles. The summed E-state index contributed by atoms with van der Waals surface area (Å²) in [6.45, 7) is 0. The van der Waals surface area contributed by atoms with Crippen LogP contribution in [0.3, 0.4) is 0 Å². The lowest BCUT2D eigenvalue weighted by Crippen LogP contribution is -2.17. The zero-order valence-corrected chi connectivity index (χ0v) is 13.4. The molecule has 2 aliphatic rings. The minimum absolute atomic E-state index is 0.269. The molecule has 2 atom stereocenters. The number of hydrogen-bond acceptors (Lipinski definition) is 3. The molecule has 2 aromatic carbocycles. The highest BCUT2D eigenvalue weighted by molar-refractivity contribution is 5.76. The van der Waals surface area contributed by atoms with Crippen LogP contribution in [0.2, 0.25) is 0 Å². The molecule has 24 heavy (non-hydrogen) atoms. The number of epoxide rings is 1. The van der Waals surface area contributed by atoms with E-state index in [9.17, 15) is 0 Å². The molecule has 0 spiro atoms. The highest BCUT2D eigenvalue weighted by Gasteiger charge is 2.62. The average Bonchev–Trinajstić information content (AvgIpc) is 3.24. The van der Waals surface area contributed by atoms with E-state index in [0.717, 1.165) is 41.3 Å². The van der Waals surface area contributed by atoms with Crippen LogP contribution in [0.5, 0.6) is 0 Å². The standard InChI is InChI=1S/C21H19NO2/c1-3-9-15(10-4-1)18-19(16-11-5-2-6-12-16)23-20(22-18)21-14-8-7-13-17(21)24-21/h1-6,9-12,17H,7-8,13-14H2/t17-,21+/m0/s1. The first-order valence-electron chi connectivity index (χ1n) is 8.67. The van der Waals surface area contributed by atoms with E-state index in [1.807, 2.05) is 36.4 Å². The number of ether oxygens (including phenoxy) is 1. The molecule has 1 aromatic heterocycles. The first-order valence-corrected chi connectivity index (χ1v) is 8.67. The number of fused-ring (bicyclic) bond motifs is 1. The van der Waals surface area contributed by atoms with E-state index in [-0.39, 0.29) is 11.7 Å². The Balaban J connectivity index is 1.65. The predicted octanol–water partition coefficient (Wildman–Crippen LogP) is 5.18. The molecule has 3 nitrogen and oxygen atoms in total. The first-order chi connectivity index (χ1) is 11.9. The monoisotopic (exact) mass is 317 g/mol. The summed E-state index contributed by atoms with van der Waals surface area (Å²) in [6, 6.07) is 20.5. The van der Waals surface area contributed by atoms with Gasteiger partial charge in [0.1, 0.15) is 5.69 Å². The van der Waals surface area contributed by atoms with Gasteiger partial charge in [-0.1, -0.05) is 67.1 Å². The summed E-state index contributed by atoms with van der Waals surface area (Å²) in [5.41, 5.74) is 2.77. The van der Waals surface area contributed by atoms with Gasteiger partial charge < -0.3 is 9.15 Å². The van der Waals surface area contributed by atoms with Crippen LogP contribution in [-0.2, 0) is 10.3 Å². The van der Waals surface area contributed by atoms with Crippen LogP contribution in [0.25, 0.3) is 22.6 Å². The molecular formula is C21H19NO2. The van der Waals surface area contributed by atoms with E-state index in [1.54, 1.807) is 0 Å². The minimum atomic E-state index is -0.269. The zero-order chi connectivity index (χ0) is 16.0. The lowest BCUT2D eigenvalue weighted by molar-refractivity contribution is 0.244.